The van der Waals surface area contributed by atoms with E-state index in [1.54, 1.807) is 24.3 Å². The molecular formula is C28H37N6O8P. The molecule has 1 aromatic carbocycles. The van der Waals surface area contributed by atoms with E-state index in [0.717, 1.165) is 32.8 Å². The number of aliphatic hydroxyl groups excluding tert-OH is 2. The molecule has 2 heterocycles. The maximum Gasteiger partial charge on any atom is 0.459 e. The number of nitriles is 1. The standard InChI is InChI=1S/C28H37N6O8P/c1-18-9-7-8-12-23(18)41-27(37)19(2)33-43(38,42-20-10-5-4-6-11-20)40-16-28(15-29,39-3)25(36)24(35)21-13-14-22-26(30)31-17-32-34(21)22/h4-6,10-11,13-14,17-19,23-25,35-36H,7-9,12,16H2,1-3H3,(H,33,38)(H2,30,31,32)/t18-,19-,23-,24-,25-,28?,43?/m0/s1. The van der Waals surface area contributed by atoms with Crippen molar-refractivity contribution in [1.29, 1.82) is 5.26 Å². The lowest BCUT2D eigenvalue weighted by atomic mass is 9.88. The zero-order valence-electron chi connectivity index (χ0n) is 24.2. The van der Waals surface area contributed by atoms with Crippen molar-refractivity contribution in [2.75, 3.05) is 19.5 Å². The number of carbonyl (C=O) groups is 1. The number of esters is 1. The SMILES string of the molecule is COC(C#N)(COP(=O)(N[C@@H](C)C(=O)O[C@H]1CCCC[C@@H]1C)Oc1ccccc1)[C@@H](O)[C@@H](O)c1ccc2c(N)ncnn12. The highest BCUT2D eigenvalue weighted by Crippen LogP contribution is 2.46. The Kier molecular flexibility index (Phi) is 10.4. The number of rotatable bonds is 13. The molecule has 0 bridgehead atoms. The van der Waals surface area contributed by atoms with E-state index >= 15 is 0 Å². The Labute approximate surface area is 249 Å². The Morgan fingerprint density at radius 1 is 1.26 bits per heavy atom. The Bertz CT molecular complexity index is 1480. The van der Waals surface area contributed by atoms with Gasteiger partial charge in [0.1, 0.15) is 54.6 Å². The molecule has 15 heteroatoms. The number of hydrogen-bond acceptors (Lipinski definition) is 12. The molecule has 1 fully saturated rings. The molecule has 0 radical (unpaired) electrons. The van der Waals surface area contributed by atoms with E-state index < -0.39 is 44.2 Å². The molecule has 5 N–H and O–H groups in total. The van der Waals surface area contributed by atoms with Crippen LogP contribution in [0.1, 0.15) is 51.3 Å². The van der Waals surface area contributed by atoms with Crippen LogP contribution >= 0.6 is 7.75 Å². The lowest BCUT2D eigenvalue weighted by Crippen LogP contribution is -2.50. The van der Waals surface area contributed by atoms with Crippen LogP contribution in [-0.4, -0.2) is 68.3 Å². The van der Waals surface area contributed by atoms with Crippen LogP contribution in [0, 0.1) is 17.2 Å². The van der Waals surface area contributed by atoms with Gasteiger partial charge in [-0.15, -0.1) is 0 Å². The molecule has 4 rings (SSSR count). The molecule has 3 aromatic rings. The van der Waals surface area contributed by atoms with E-state index in [9.17, 15) is 24.8 Å². The van der Waals surface area contributed by atoms with Crippen LogP contribution in [0.5, 0.6) is 5.75 Å². The lowest BCUT2D eigenvalue weighted by Gasteiger charge is -2.34. The Hall–Kier alpha value is -3.57. The summed E-state index contributed by atoms with van der Waals surface area (Å²) in [5.41, 5.74) is 4.07. The Morgan fingerprint density at radius 3 is 2.65 bits per heavy atom. The zero-order valence-corrected chi connectivity index (χ0v) is 25.1. The largest absolute Gasteiger partial charge is 0.461 e. The number of benzene rings is 1. The van der Waals surface area contributed by atoms with Gasteiger partial charge in [-0.3, -0.25) is 9.32 Å². The minimum Gasteiger partial charge on any atom is -0.461 e. The quantitative estimate of drug-likeness (QED) is 0.161. The number of methoxy groups -OCH3 is 1. The van der Waals surface area contributed by atoms with Gasteiger partial charge < -0.3 is 29.9 Å². The van der Waals surface area contributed by atoms with Gasteiger partial charge in [0.25, 0.3) is 0 Å². The first-order valence-corrected chi connectivity index (χ1v) is 15.4. The van der Waals surface area contributed by atoms with Crippen molar-refractivity contribution in [2.24, 2.45) is 5.92 Å². The van der Waals surface area contributed by atoms with Gasteiger partial charge >= 0.3 is 13.7 Å². The molecule has 0 amide bonds. The van der Waals surface area contributed by atoms with E-state index in [4.69, 9.17) is 24.3 Å². The average Bonchev–Trinajstić information content (AvgIpc) is 3.44. The van der Waals surface area contributed by atoms with Crippen LogP contribution in [-0.2, 0) is 23.4 Å². The molecule has 1 aliphatic carbocycles. The lowest BCUT2D eigenvalue weighted by molar-refractivity contribution is -0.155. The highest BCUT2D eigenvalue weighted by molar-refractivity contribution is 7.52. The average molecular weight is 617 g/mol. The van der Waals surface area contributed by atoms with Crippen LogP contribution in [0.15, 0.2) is 48.8 Å². The second-order valence-electron chi connectivity index (χ2n) is 10.6. The fourth-order valence-electron chi connectivity index (χ4n) is 4.91. The predicted octanol–water partition coefficient (Wildman–Crippen LogP) is 2.92. The number of nitrogens with one attached hydrogen (secondary N) is 1. The summed E-state index contributed by atoms with van der Waals surface area (Å²) in [5.74, 6) is -0.160. The molecule has 2 aromatic heterocycles. The van der Waals surface area contributed by atoms with Crippen LogP contribution in [0.2, 0.25) is 0 Å². The fourth-order valence-corrected chi connectivity index (χ4v) is 6.43. The highest BCUT2D eigenvalue weighted by atomic mass is 31.2. The summed E-state index contributed by atoms with van der Waals surface area (Å²) < 4.78 is 37.7. The van der Waals surface area contributed by atoms with Gasteiger partial charge in [0, 0.05) is 7.11 Å². The number of hydrogen-bond donors (Lipinski definition) is 4. The number of para-hydroxylation sites is 1. The first kappa shape index (κ1) is 32.3. The van der Waals surface area contributed by atoms with Crippen molar-refractivity contribution in [2.45, 2.75) is 69.5 Å². The van der Waals surface area contributed by atoms with Crippen molar-refractivity contribution in [3.05, 3.63) is 54.5 Å². The molecule has 43 heavy (non-hydrogen) atoms. The van der Waals surface area contributed by atoms with Crippen molar-refractivity contribution >= 4 is 25.1 Å². The summed E-state index contributed by atoms with van der Waals surface area (Å²) in [5, 5.41) is 39.0. The fraction of sp³-hybridized carbons (Fsp3) is 0.500. The van der Waals surface area contributed by atoms with E-state index in [0.29, 0.717) is 5.52 Å². The van der Waals surface area contributed by atoms with Crippen molar-refractivity contribution in [1.82, 2.24) is 19.7 Å². The smallest absolute Gasteiger partial charge is 0.459 e. The summed E-state index contributed by atoms with van der Waals surface area (Å²) in [6, 6.07) is 11.8. The predicted molar refractivity (Wildman–Crippen MR) is 154 cm³/mol. The highest BCUT2D eigenvalue weighted by Gasteiger charge is 2.47. The Morgan fingerprint density at radius 2 is 1.98 bits per heavy atom. The van der Waals surface area contributed by atoms with E-state index in [2.05, 4.69) is 15.2 Å². The zero-order chi connectivity index (χ0) is 31.2. The number of nitrogens with two attached hydrogens (primary N) is 1. The molecule has 2 unspecified atom stereocenters. The summed E-state index contributed by atoms with van der Waals surface area (Å²) in [4.78, 5) is 16.9. The van der Waals surface area contributed by atoms with Crippen LogP contribution in [0.4, 0.5) is 5.82 Å². The van der Waals surface area contributed by atoms with E-state index in [-0.39, 0.29) is 29.3 Å². The second-order valence-corrected chi connectivity index (χ2v) is 12.3. The van der Waals surface area contributed by atoms with Gasteiger partial charge in [-0.1, -0.05) is 31.5 Å². The summed E-state index contributed by atoms with van der Waals surface area (Å²) >= 11 is 0. The van der Waals surface area contributed by atoms with E-state index in [1.807, 2.05) is 13.0 Å². The minimum atomic E-state index is -4.44. The minimum absolute atomic E-state index is 0.0865. The maximum atomic E-state index is 14.1. The summed E-state index contributed by atoms with van der Waals surface area (Å²) in [6.07, 6.45) is 0.950. The third-order valence-electron chi connectivity index (χ3n) is 7.57. The van der Waals surface area contributed by atoms with Crippen molar-refractivity contribution in [3.8, 4) is 11.8 Å². The monoisotopic (exact) mass is 616 g/mol. The van der Waals surface area contributed by atoms with Crippen LogP contribution in [0.3, 0.4) is 0 Å². The number of ether oxygens (including phenoxy) is 2. The summed E-state index contributed by atoms with van der Waals surface area (Å²) in [7, 11) is -3.31. The number of nitrogen functional groups attached to an aromatic ring is 1. The number of nitrogens with zero attached hydrogens (tertiary/aromatic N) is 4. The molecule has 0 saturated heterocycles. The molecule has 1 aliphatic rings. The molecule has 0 spiro atoms. The summed E-state index contributed by atoms with van der Waals surface area (Å²) in [6.45, 7) is 2.64. The van der Waals surface area contributed by atoms with Gasteiger partial charge in [-0.25, -0.2) is 14.1 Å². The molecule has 1 saturated carbocycles. The first-order chi connectivity index (χ1) is 20.5. The maximum absolute atomic E-state index is 14.1. The van der Waals surface area contributed by atoms with Crippen LogP contribution in [0.25, 0.3) is 5.52 Å². The first-order valence-electron chi connectivity index (χ1n) is 13.9. The molecule has 7 atom stereocenters. The van der Waals surface area contributed by atoms with Crippen molar-refractivity contribution in [3.63, 3.8) is 0 Å². The van der Waals surface area contributed by atoms with Crippen LogP contribution < -0.4 is 15.3 Å². The molecule has 232 valence electrons. The van der Waals surface area contributed by atoms with Gasteiger partial charge in [0.15, 0.2) is 5.82 Å². The van der Waals surface area contributed by atoms with Gasteiger partial charge in [-0.2, -0.15) is 15.4 Å². The number of aliphatic hydroxyl groups is 2. The van der Waals surface area contributed by atoms with Gasteiger partial charge in [-0.05, 0) is 56.4 Å². The molecule has 0 aliphatic heterocycles. The molecule has 14 nitrogen and oxygen atoms in total. The molecular weight excluding hydrogens is 579 g/mol. The number of carbonyl (C=O) groups excluding carboxylic acids is 1. The third-order valence-corrected chi connectivity index (χ3v) is 9.19. The van der Waals surface area contributed by atoms with Crippen molar-refractivity contribution < 1.29 is 38.1 Å². The van der Waals surface area contributed by atoms with Gasteiger partial charge in [0.2, 0.25) is 5.60 Å². The topological polar surface area (TPSA) is 204 Å². The number of anilines is 1. The number of fused-ring (bicyclic) bond motifs is 1. The normalized spacial score (nSPS) is 22.0. The Balaban J connectivity index is 1.55. The van der Waals surface area contributed by atoms with Gasteiger partial charge in [0.05, 0.1) is 5.69 Å². The second kappa shape index (κ2) is 13.8. The van der Waals surface area contributed by atoms with E-state index in [1.165, 1.54) is 36.0 Å². The number of aromatic nitrogens is 3. The third kappa shape index (κ3) is 7.33.